The van der Waals surface area contributed by atoms with E-state index in [0.29, 0.717) is 5.56 Å². The fraction of sp³-hybridized carbons (Fsp3) is 0.357. The Morgan fingerprint density at radius 1 is 1.37 bits per heavy atom. The van der Waals surface area contributed by atoms with E-state index < -0.39 is 18.6 Å². The van der Waals surface area contributed by atoms with Crippen LogP contribution in [0.15, 0.2) is 41.8 Å². The third-order valence-corrected chi connectivity index (χ3v) is 5.22. The monoisotopic (exact) mass is 277 g/mol. The first kappa shape index (κ1) is 15.4. The summed E-state index contributed by atoms with van der Waals surface area (Å²) >= 11 is 0. The molecule has 1 atom stereocenters. The number of rotatable bonds is 4. The topological polar surface area (TPSA) is 63.4 Å². The predicted molar refractivity (Wildman–Crippen MR) is 78.7 cm³/mol. The first-order chi connectivity index (χ1) is 8.60. The van der Waals surface area contributed by atoms with Gasteiger partial charge in [-0.15, -0.1) is 5.73 Å². The lowest BCUT2D eigenvalue weighted by molar-refractivity contribution is -0.384. The minimum absolute atomic E-state index is 0.0108. The Morgan fingerprint density at radius 3 is 2.16 bits per heavy atom. The summed E-state index contributed by atoms with van der Waals surface area (Å²) in [4.78, 5) is 10.2. The normalized spacial score (nSPS) is 14.4. The maximum absolute atomic E-state index is 10.7. The zero-order valence-corrected chi connectivity index (χ0v) is 12.7. The van der Waals surface area contributed by atoms with Crippen LogP contribution in [0.3, 0.4) is 0 Å². The second-order valence-electron chi connectivity index (χ2n) is 5.68. The molecule has 0 aromatic heterocycles. The van der Waals surface area contributed by atoms with Gasteiger partial charge in [0.25, 0.3) is 5.69 Å². The fourth-order valence-electron chi connectivity index (χ4n) is 2.22. The highest BCUT2D eigenvalue weighted by molar-refractivity contribution is 6.83. The van der Waals surface area contributed by atoms with E-state index in [9.17, 15) is 15.2 Å². The lowest BCUT2D eigenvalue weighted by Crippen LogP contribution is -2.38. The third kappa shape index (κ3) is 3.20. The first-order valence-electron chi connectivity index (χ1n) is 5.99. The Bertz CT molecular complexity index is 535. The molecule has 4 nitrogen and oxygen atoms in total. The van der Waals surface area contributed by atoms with Gasteiger partial charge >= 0.3 is 0 Å². The lowest BCUT2D eigenvalue weighted by Gasteiger charge is -2.33. The molecule has 1 rings (SSSR count). The molecule has 0 radical (unpaired) electrons. The van der Waals surface area contributed by atoms with Gasteiger partial charge < -0.3 is 5.11 Å². The summed E-state index contributed by atoms with van der Waals surface area (Å²) in [5.74, 6) is 0. The van der Waals surface area contributed by atoms with Gasteiger partial charge in [-0.05, 0) is 29.8 Å². The van der Waals surface area contributed by atoms with E-state index in [1.165, 1.54) is 12.1 Å². The molecular weight excluding hydrogens is 258 g/mol. The largest absolute Gasteiger partial charge is 0.381 e. The molecule has 1 aromatic rings. The lowest BCUT2D eigenvalue weighted by atomic mass is 9.95. The third-order valence-electron chi connectivity index (χ3n) is 3.05. The van der Waals surface area contributed by atoms with Crippen molar-refractivity contribution in [3.63, 3.8) is 0 Å². The van der Waals surface area contributed by atoms with Gasteiger partial charge in [-0.1, -0.05) is 26.2 Å². The van der Waals surface area contributed by atoms with Crippen LogP contribution in [0, 0.1) is 10.1 Å². The second-order valence-corrected chi connectivity index (χ2v) is 10.7. The summed E-state index contributed by atoms with van der Waals surface area (Å²) in [6.07, 6.45) is 0. The summed E-state index contributed by atoms with van der Waals surface area (Å²) in [6, 6.07) is 5.95. The minimum Gasteiger partial charge on any atom is -0.381 e. The van der Waals surface area contributed by atoms with Crippen molar-refractivity contribution in [1.82, 2.24) is 0 Å². The highest BCUT2D eigenvalue weighted by Gasteiger charge is 2.36. The molecule has 0 amide bonds. The van der Waals surface area contributed by atoms with Crippen LogP contribution in [0.1, 0.15) is 12.5 Å². The van der Waals surface area contributed by atoms with Crippen LogP contribution in [0.25, 0.3) is 0 Å². The van der Waals surface area contributed by atoms with E-state index in [2.05, 4.69) is 32.0 Å². The van der Waals surface area contributed by atoms with Crippen molar-refractivity contribution in [3.05, 3.63) is 57.4 Å². The summed E-state index contributed by atoms with van der Waals surface area (Å²) < 4.78 is 0. The molecule has 0 heterocycles. The van der Waals surface area contributed by atoms with Crippen LogP contribution in [-0.2, 0) is 5.60 Å². The number of hydrogen-bond acceptors (Lipinski definition) is 3. The van der Waals surface area contributed by atoms with E-state index in [-0.39, 0.29) is 5.69 Å². The van der Waals surface area contributed by atoms with E-state index in [4.69, 9.17) is 0 Å². The molecule has 0 fully saturated rings. The van der Waals surface area contributed by atoms with Gasteiger partial charge in [0.2, 0.25) is 0 Å². The average Bonchev–Trinajstić information content (AvgIpc) is 2.27. The molecule has 1 N–H and O–H groups in total. The number of aliphatic hydroxyl groups is 1. The second kappa shape index (κ2) is 5.13. The van der Waals surface area contributed by atoms with Gasteiger partial charge in [0.05, 0.1) is 13.0 Å². The Morgan fingerprint density at radius 2 is 1.84 bits per heavy atom. The molecule has 0 saturated carbocycles. The molecule has 0 aliphatic heterocycles. The van der Waals surface area contributed by atoms with Gasteiger partial charge in [0.15, 0.2) is 0 Å². The van der Waals surface area contributed by atoms with Crippen LogP contribution in [0.2, 0.25) is 19.6 Å². The van der Waals surface area contributed by atoms with Crippen molar-refractivity contribution in [3.8, 4) is 0 Å². The van der Waals surface area contributed by atoms with E-state index in [1.54, 1.807) is 19.1 Å². The van der Waals surface area contributed by atoms with E-state index in [0.717, 1.165) is 5.20 Å². The van der Waals surface area contributed by atoms with Crippen molar-refractivity contribution in [1.29, 1.82) is 0 Å². The van der Waals surface area contributed by atoms with Gasteiger partial charge in [0.1, 0.15) is 5.60 Å². The highest BCUT2D eigenvalue weighted by atomic mass is 28.3. The van der Waals surface area contributed by atoms with Crippen LogP contribution in [0.5, 0.6) is 0 Å². The molecule has 0 aliphatic rings. The number of nitro groups is 1. The quantitative estimate of drug-likeness (QED) is 0.397. The van der Waals surface area contributed by atoms with E-state index in [1.807, 2.05) is 0 Å². The maximum Gasteiger partial charge on any atom is 0.269 e. The molecule has 0 unspecified atom stereocenters. The van der Waals surface area contributed by atoms with Crippen molar-refractivity contribution in [2.45, 2.75) is 32.2 Å². The molecular formula is C14H19NO3Si. The molecule has 0 saturated heterocycles. The van der Waals surface area contributed by atoms with Crippen molar-refractivity contribution in [2.24, 2.45) is 0 Å². The van der Waals surface area contributed by atoms with Gasteiger partial charge in [-0.3, -0.25) is 10.1 Å². The van der Waals surface area contributed by atoms with Crippen molar-refractivity contribution in [2.75, 3.05) is 0 Å². The Labute approximate surface area is 114 Å². The number of benzene rings is 1. The molecule has 5 heteroatoms. The standard InChI is InChI=1S/C14H19NO3Si/c1-6-13(19(3,4)5)14(2,16)11-7-9-12(10-8-11)15(17)18/h7-10,16H,1H2,2-5H3/t14-/m0/s1. The van der Waals surface area contributed by atoms with Gasteiger partial charge in [-0.2, -0.15) is 0 Å². The fourth-order valence-corrected chi connectivity index (χ4v) is 4.35. The zero-order chi connectivity index (χ0) is 14.8. The summed E-state index contributed by atoms with van der Waals surface area (Å²) in [7, 11) is -1.78. The number of nitrogens with zero attached hydrogens (tertiary/aromatic N) is 1. The van der Waals surface area contributed by atoms with Gasteiger partial charge in [0, 0.05) is 12.1 Å². The van der Waals surface area contributed by atoms with Crippen molar-refractivity contribution >= 4 is 13.8 Å². The number of non-ortho nitro benzene ring substituents is 1. The van der Waals surface area contributed by atoms with Crippen LogP contribution >= 0.6 is 0 Å². The smallest absolute Gasteiger partial charge is 0.269 e. The van der Waals surface area contributed by atoms with Gasteiger partial charge in [-0.25, -0.2) is 0 Å². The van der Waals surface area contributed by atoms with Crippen LogP contribution in [0.4, 0.5) is 5.69 Å². The Hall–Kier alpha value is -1.68. The van der Waals surface area contributed by atoms with Crippen LogP contribution < -0.4 is 0 Å². The SMILES string of the molecule is C=C=C([C@@](C)(O)c1ccc([N+](=O)[O-])cc1)[Si](C)(C)C. The molecule has 1 aromatic carbocycles. The first-order valence-corrected chi connectivity index (χ1v) is 9.49. The summed E-state index contributed by atoms with van der Waals surface area (Å²) in [6.45, 7) is 11.6. The predicted octanol–water partition coefficient (Wildman–Crippen LogP) is 3.39. The molecule has 0 spiro atoms. The summed E-state index contributed by atoms with van der Waals surface area (Å²) in [5.41, 5.74) is 2.30. The maximum atomic E-state index is 10.7. The molecule has 19 heavy (non-hydrogen) atoms. The Kier molecular flexibility index (Phi) is 4.15. The summed E-state index contributed by atoms with van der Waals surface area (Å²) in [5, 5.41) is 22.2. The average molecular weight is 277 g/mol. The van der Waals surface area contributed by atoms with Crippen molar-refractivity contribution < 1.29 is 10.0 Å². The molecule has 0 bridgehead atoms. The highest BCUT2D eigenvalue weighted by Crippen LogP contribution is 2.34. The molecule has 0 aliphatic carbocycles. The minimum atomic E-state index is -1.78. The molecule has 102 valence electrons. The zero-order valence-electron chi connectivity index (χ0n) is 11.7. The Balaban J connectivity index is 3.27. The van der Waals surface area contributed by atoms with Crippen LogP contribution in [-0.4, -0.2) is 18.1 Å². The number of hydrogen-bond donors (Lipinski definition) is 1. The number of nitro benzene ring substituents is 1. The van der Waals surface area contributed by atoms with E-state index >= 15 is 0 Å².